The number of benzene rings is 2. The first kappa shape index (κ1) is 20.1. The number of anilines is 1. The lowest BCUT2D eigenvalue weighted by Gasteiger charge is -2.21. The highest BCUT2D eigenvalue weighted by molar-refractivity contribution is 6.35. The Morgan fingerprint density at radius 2 is 1.82 bits per heavy atom. The van der Waals surface area contributed by atoms with Gasteiger partial charge in [-0.05, 0) is 42.8 Å². The van der Waals surface area contributed by atoms with Gasteiger partial charge in [-0.1, -0.05) is 29.3 Å². The summed E-state index contributed by atoms with van der Waals surface area (Å²) in [7, 11) is 0. The largest absolute Gasteiger partial charge is 0.486 e. The van der Waals surface area contributed by atoms with Crippen molar-refractivity contribution < 1.29 is 19.1 Å². The molecule has 1 aliphatic rings. The lowest BCUT2D eigenvalue weighted by molar-refractivity contribution is -0.115. The topological polar surface area (TPSA) is 88.7 Å². The fraction of sp³-hybridized carbons (Fsp3) is 0.263. The molecule has 0 saturated carbocycles. The summed E-state index contributed by atoms with van der Waals surface area (Å²) < 4.78 is 11.0. The Kier molecular flexibility index (Phi) is 6.49. The summed E-state index contributed by atoms with van der Waals surface area (Å²) in [4.78, 5) is 24.1. The third-order valence-electron chi connectivity index (χ3n) is 4.03. The lowest BCUT2D eigenvalue weighted by atomic mass is 10.1. The highest BCUT2D eigenvalue weighted by atomic mass is 35.5. The first-order chi connectivity index (χ1) is 13.4. The second-order valence-electron chi connectivity index (χ2n) is 6.12. The van der Waals surface area contributed by atoms with Crippen LogP contribution in [0, 0.1) is 0 Å². The predicted octanol–water partition coefficient (Wildman–Crippen LogP) is 3.76. The smallest absolute Gasteiger partial charge is 0.315 e. The molecule has 0 aliphatic carbocycles. The SMILES string of the molecule is CC(NC(=O)NCC(=O)Nc1cc(Cl)ccc1Cl)c1ccc2c(c1)OCCO2. The fourth-order valence-corrected chi connectivity index (χ4v) is 2.95. The highest BCUT2D eigenvalue weighted by Crippen LogP contribution is 2.32. The molecule has 2 aromatic rings. The minimum absolute atomic E-state index is 0.220. The van der Waals surface area contributed by atoms with Crippen molar-refractivity contribution in [3.63, 3.8) is 0 Å². The van der Waals surface area contributed by atoms with E-state index in [0.717, 1.165) is 5.56 Å². The van der Waals surface area contributed by atoms with Crippen LogP contribution in [0.15, 0.2) is 36.4 Å². The Labute approximate surface area is 172 Å². The standard InChI is InChI=1S/C19H19Cl2N3O4/c1-11(12-2-5-16-17(8-12)28-7-6-27-16)23-19(26)22-10-18(25)24-15-9-13(20)3-4-14(15)21/h2-5,8-9,11H,6-7,10H2,1H3,(H,24,25)(H2,22,23,26). The first-order valence-corrected chi connectivity index (χ1v) is 9.37. The van der Waals surface area contributed by atoms with E-state index in [0.29, 0.717) is 40.4 Å². The zero-order chi connectivity index (χ0) is 20.1. The van der Waals surface area contributed by atoms with Crippen LogP contribution in [0.5, 0.6) is 11.5 Å². The van der Waals surface area contributed by atoms with E-state index in [9.17, 15) is 9.59 Å². The first-order valence-electron chi connectivity index (χ1n) is 8.61. The molecule has 1 atom stereocenters. The molecule has 3 amide bonds. The minimum Gasteiger partial charge on any atom is -0.486 e. The number of nitrogens with one attached hydrogen (secondary N) is 3. The van der Waals surface area contributed by atoms with Crippen LogP contribution in [0.4, 0.5) is 10.5 Å². The van der Waals surface area contributed by atoms with Gasteiger partial charge in [0.25, 0.3) is 0 Å². The van der Waals surface area contributed by atoms with Gasteiger partial charge in [-0.2, -0.15) is 0 Å². The van der Waals surface area contributed by atoms with Crippen molar-refractivity contribution in [2.24, 2.45) is 0 Å². The predicted molar refractivity (Wildman–Crippen MR) is 107 cm³/mol. The minimum atomic E-state index is -0.477. The molecule has 3 rings (SSSR count). The fourth-order valence-electron chi connectivity index (χ4n) is 2.61. The van der Waals surface area contributed by atoms with Crippen molar-refractivity contribution >= 4 is 40.8 Å². The quantitative estimate of drug-likeness (QED) is 0.682. The maximum absolute atomic E-state index is 12.1. The van der Waals surface area contributed by atoms with Crippen molar-refractivity contribution in [1.82, 2.24) is 10.6 Å². The molecule has 9 heteroatoms. The molecule has 28 heavy (non-hydrogen) atoms. The number of carbonyl (C=O) groups excluding carboxylic acids is 2. The van der Waals surface area contributed by atoms with Crippen LogP contribution in [0.2, 0.25) is 10.0 Å². The van der Waals surface area contributed by atoms with Crippen LogP contribution in [-0.2, 0) is 4.79 Å². The van der Waals surface area contributed by atoms with E-state index >= 15 is 0 Å². The maximum Gasteiger partial charge on any atom is 0.315 e. The Morgan fingerprint density at radius 1 is 1.07 bits per heavy atom. The van der Waals surface area contributed by atoms with Gasteiger partial charge in [0, 0.05) is 5.02 Å². The molecule has 3 N–H and O–H groups in total. The van der Waals surface area contributed by atoms with Crippen LogP contribution in [0.3, 0.4) is 0 Å². The van der Waals surface area contributed by atoms with Gasteiger partial charge in [0.05, 0.1) is 23.3 Å². The number of urea groups is 1. The summed E-state index contributed by atoms with van der Waals surface area (Å²) in [5.74, 6) is 0.907. The lowest BCUT2D eigenvalue weighted by Crippen LogP contribution is -2.41. The monoisotopic (exact) mass is 423 g/mol. The molecular formula is C19H19Cl2N3O4. The summed E-state index contributed by atoms with van der Waals surface area (Å²) in [5.41, 5.74) is 1.24. The number of hydrogen-bond donors (Lipinski definition) is 3. The van der Waals surface area contributed by atoms with E-state index in [1.165, 1.54) is 6.07 Å². The van der Waals surface area contributed by atoms with E-state index in [1.54, 1.807) is 12.1 Å². The molecule has 0 saturated heterocycles. The van der Waals surface area contributed by atoms with Gasteiger partial charge in [0.15, 0.2) is 11.5 Å². The number of amides is 3. The van der Waals surface area contributed by atoms with E-state index < -0.39 is 11.9 Å². The van der Waals surface area contributed by atoms with Gasteiger partial charge >= 0.3 is 6.03 Å². The zero-order valence-corrected chi connectivity index (χ0v) is 16.6. The molecular weight excluding hydrogens is 405 g/mol. The summed E-state index contributed by atoms with van der Waals surface area (Å²) in [6, 6.07) is 9.45. The van der Waals surface area contributed by atoms with Crippen molar-refractivity contribution in [2.75, 3.05) is 25.1 Å². The van der Waals surface area contributed by atoms with Crippen LogP contribution in [-0.4, -0.2) is 31.7 Å². The van der Waals surface area contributed by atoms with Gasteiger partial charge < -0.3 is 25.4 Å². The Balaban J connectivity index is 1.49. The zero-order valence-electron chi connectivity index (χ0n) is 15.1. The molecule has 1 aliphatic heterocycles. The number of halogens is 2. The van der Waals surface area contributed by atoms with Crippen molar-refractivity contribution in [3.8, 4) is 11.5 Å². The van der Waals surface area contributed by atoms with Crippen LogP contribution >= 0.6 is 23.2 Å². The number of hydrogen-bond acceptors (Lipinski definition) is 4. The normalized spacial score (nSPS) is 13.4. The molecule has 0 radical (unpaired) electrons. The average molecular weight is 424 g/mol. The molecule has 1 unspecified atom stereocenters. The van der Waals surface area contributed by atoms with Crippen molar-refractivity contribution in [2.45, 2.75) is 13.0 Å². The van der Waals surface area contributed by atoms with Crippen LogP contribution < -0.4 is 25.4 Å². The van der Waals surface area contributed by atoms with Crippen LogP contribution in [0.25, 0.3) is 0 Å². The molecule has 0 fully saturated rings. The van der Waals surface area contributed by atoms with E-state index in [-0.39, 0.29) is 12.6 Å². The Bertz CT molecular complexity index is 891. The van der Waals surface area contributed by atoms with E-state index in [1.807, 2.05) is 25.1 Å². The number of ether oxygens (including phenoxy) is 2. The molecule has 0 bridgehead atoms. The maximum atomic E-state index is 12.1. The summed E-state index contributed by atoms with van der Waals surface area (Å²) in [5, 5.41) is 8.67. The summed E-state index contributed by atoms with van der Waals surface area (Å²) >= 11 is 11.9. The molecule has 0 spiro atoms. The van der Waals surface area contributed by atoms with Gasteiger partial charge in [-0.25, -0.2) is 4.79 Å². The number of carbonyl (C=O) groups is 2. The van der Waals surface area contributed by atoms with Gasteiger partial charge in [0.2, 0.25) is 5.91 Å². The van der Waals surface area contributed by atoms with Crippen LogP contribution in [0.1, 0.15) is 18.5 Å². The third kappa shape index (κ3) is 5.21. The van der Waals surface area contributed by atoms with E-state index in [4.69, 9.17) is 32.7 Å². The van der Waals surface area contributed by atoms with Gasteiger partial charge in [0.1, 0.15) is 13.2 Å². The molecule has 1 heterocycles. The van der Waals surface area contributed by atoms with Crippen molar-refractivity contribution in [3.05, 3.63) is 52.0 Å². The second-order valence-corrected chi connectivity index (χ2v) is 6.97. The van der Waals surface area contributed by atoms with Gasteiger partial charge in [-0.3, -0.25) is 4.79 Å². The van der Waals surface area contributed by atoms with Gasteiger partial charge in [-0.15, -0.1) is 0 Å². The summed E-state index contributed by atoms with van der Waals surface area (Å²) in [6.45, 7) is 2.62. The Morgan fingerprint density at radius 3 is 2.61 bits per heavy atom. The Hall–Kier alpha value is -2.64. The molecule has 148 valence electrons. The summed E-state index contributed by atoms with van der Waals surface area (Å²) in [6.07, 6.45) is 0. The third-order valence-corrected chi connectivity index (χ3v) is 4.59. The average Bonchev–Trinajstić information content (AvgIpc) is 2.68. The molecule has 2 aromatic carbocycles. The molecule has 0 aromatic heterocycles. The highest BCUT2D eigenvalue weighted by Gasteiger charge is 2.16. The number of rotatable bonds is 5. The second kappa shape index (κ2) is 9.03. The van der Waals surface area contributed by atoms with E-state index in [2.05, 4.69) is 16.0 Å². The number of fused-ring (bicyclic) bond motifs is 1. The van der Waals surface area contributed by atoms with Crippen molar-refractivity contribution in [1.29, 1.82) is 0 Å². The molecule has 7 nitrogen and oxygen atoms in total.